The molecule has 2 heterocycles. The largest absolute Gasteiger partial charge is 0.495 e. The smallest absolute Gasteiger partial charge is 0.237 e. The van der Waals surface area contributed by atoms with Gasteiger partial charge < -0.3 is 14.6 Å². The van der Waals surface area contributed by atoms with Crippen LogP contribution in [0.2, 0.25) is 0 Å². The van der Waals surface area contributed by atoms with E-state index in [0.717, 1.165) is 30.6 Å². The van der Waals surface area contributed by atoms with Crippen molar-refractivity contribution in [3.8, 4) is 5.75 Å². The molecule has 0 saturated carbocycles. The Balaban J connectivity index is 1.51. The van der Waals surface area contributed by atoms with Crippen molar-refractivity contribution in [2.24, 2.45) is 0 Å². The number of para-hydroxylation sites is 2. The van der Waals surface area contributed by atoms with E-state index in [9.17, 15) is 4.79 Å². The number of amides is 1. The fraction of sp³-hybridized carbons (Fsp3) is 0.375. The molecule has 1 saturated heterocycles. The van der Waals surface area contributed by atoms with Crippen LogP contribution in [0.5, 0.6) is 5.75 Å². The van der Waals surface area contributed by atoms with Gasteiger partial charge in [0, 0.05) is 0 Å². The van der Waals surface area contributed by atoms with Gasteiger partial charge in [0.05, 0.1) is 31.1 Å². The number of carbonyl (C=O) groups is 1. The number of benzene rings is 2. The molecule has 1 aliphatic rings. The van der Waals surface area contributed by atoms with Crippen molar-refractivity contribution in [1.29, 1.82) is 0 Å². The van der Waals surface area contributed by atoms with E-state index in [2.05, 4.69) is 37.1 Å². The summed E-state index contributed by atoms with van der Waals surface area (Å²) >= 11 is 1.43. The number of rotatable bonds is 9. The highest BCUT2D eigenvalue weighted by molar-refractivity contribution is 8.00. The molecule has 0 aliphatic carbocycles. The van der Waals surface area contributed by atoms with Crippen LogP contribution in [0.1, 0.15) is 31.2 Å². The highest BCUT2D eigenvalue weighted by Crippen LogP contribution is 2.28. The van der Waals surface area contributed by atoms with Gasteiger partial charge >= 0.3 is 0 Å². The first-order valence-corrected chi connectivity index (χ1v) is 11.8. The number of thioether (sulfide) groups is 1. The lowest BCUT2D eigenvalue weighted by atomic mass is 10.2. The monoisotopic (exact) mass is 451 g/mol. The van der Waals surface area contributed by atoms with E-state index in [-0.39, 0.29) is 11.2 Å². The standard InChI is InChI=1S/C24H29N5O2S/c1-18(23(30)25-20-12-6-7-13-21(20)31-2)32-24-27-26-22(17-28-14-8-9-15-28)29(24)16-19-10-4-3-5-11-19/h3-7,10-13,18H,8-9,14-17H2,1-2H3,(H,25,30). The highest BCUT2D eigenvalue weighted by atomic mass is 32.2. The zero-order chi connectivity index (χ0) is 22.3. The topological polar surface area (TPSA) is 72.3 Å². The Hall–Kier alpha value is -2.84. The third-order valence-electron chi connectivity index (χ3n) is 5.56. The van der Waals surface area contributed by atoms with E-state index >= 15 is 0 Å². The summed E-state index contributed by atoms with van der Waals surface area (Å²) in [6.45, 7) is 5.54. The summed E-state index contributed by atoms with van der Waals surface area (Å²) in [5.41, 5.74) is 1.84. The summed E-state index contributed by atoms with van der Waals surface area (Å²) in [7, 11) is 1.59. The Morgan fingerprint density at radius 3 is 2.53 bits per heavy atom. The van der Waals surface area contributed by atoms with Gasteiger partial charge in [-0.15, -0.1) is 10.2 Å². The lowest BCUT2D eigenvalue weighted by molar-refractivity contribution is -0.115. The maximum atomic E-state index is 12.9. The second kappa shape index (κ2) is 10.7. The fourth-order valence-corrected chi connectivity index (χ4v) is 4.65. The average Bonchev–Trinajstić information content (AvgIpc) is 3.46. The SMILES string of the molecule is COc1ccccc1NC(=O)C(C)Sc1nnc(CN2CCCC2)n1Cc1ccccc1. The van der Waals surface area contributed by atoms with Gasteiger partial charge in [0.15, 0.2) is 5.16 Å². The molecule has 4 rings (SSSR count). The van der Waals surface area contributed by atoms with Crippen molar-refractivity contribution >= 4 is 23.4 Å². The molecule has 7 nitrogen and oxygen atoms in total. The first-order valence-electron chi connectivity index (χ1n) is 10.9. The number of nitrogens with zero attached hydrogens (tertiary/aromatic N) is 4. The predicted octanol–water partition coefficient (Wildman–Crippen LogP) is 4.05. The van der Waals surface area contributed by atoms with Gasteiger partial charge in [-0.25, -0.2) is 0 Å². The quantitative estimate of drug-likeness (QED) is 0.495. The van der Waals surface area contributed by atoms with Crippen molar-refractivity contribution < 1.29 is 9.53 Å². The van der Waals surface area contributed by atoms with E-state index in [1.54, 1.807) is 7.11 Å². The fourth-order valence-electron chi connectivity index (χ4n) is 3.78. The van der Waals surface area contributed by atoms with E-state index in [1.807, 2.05) is 49.4 Å². The average molecular weight is 452 g/mol. The molecule has 8 heteroatoms. The summed E-state index contributed by atoms with van der Waals surface area (Å²) in [6.07, 6.45) is 2.46. The van der Waals surface area contributed by atoms with Crippen LogP contribution in [0.15, 0.2) is 59.8 Å². The Morgan fingerprint density at radius 2 is 1.78 bits per heavy atom. The zero-order valence-corrected chi connectivity index (χ0v) is 19.3. The predicted molar refractivity (Wildman–Crippen MR) is 127 cm³/mol. The Morgan fingerprint density at radius 1 is 1.06 bits per heavy atom. The first-order chi connectivity index (χ1) is 15.6. The summed E-state index contributed by atoms with van der Waals surface area (Å²) in [4.78, 5) is 15.3. The third-order valence-corrected chi connectivity index (χ3v) is 6.64. The van der Waals surface area contributed by atoms with Crippen LogP contribution in [0, 0.1) is 0 Å². The number of carbonyl (C=O) groups excluding carboxylic acids is 1. The summed E-state index contributed by atoms with van der Waals surface area (Å²) < 4.78 is 7.49. The second-order valence-electron chi connectivity index (χ2n) is 7.90. The summed E-state index contributed by atoms with van der Waals surface area (Å²) in [5.74, 6) is 1.48. The molecule has 168 valence electrons. The van der Waals surface area contributed by atoms with Crippen LogP contribution < -0.4 is 10.1 Å². The van der Waals surface area contributed by atoms with E-state index in [0.29, 0.717) is 18.0 Å². The van der Waals surface area contributed by atoms with Gasteiger partial charge in [-0.05, 0) is 50.6 Å². The summed E-state index contributed by atoms with van der Waals surface area (Å²) in [6, 6.07) is 17.7. The molecule has 3 aromatic rings. The molecule has 1 amide bonds. The van der Waals surface area contributed by atoms with Crippen molar-refractivity contribution in [2.75, 3.05) is 25.5 Å². The minimum absolute atomic E-state index is 0.102. The van der Waals surface area contributed by atoms with Crippen LogP contribution in [0.25, 0.3) is 0 Å². The number of likely N-dealkylation sites (tertiary alicyclic amines) is 1. The van der Waals surface area contributed by atoms with Crippen LogP contribution >= 0.6 is 11.8 Å². The number of hydrogen-bond acceptors (Lipinski definition) is 6. The molecule has 0 spiro atoms. The molecule has 2 aromatic carbocycles. The minimum Gasteiger partial charge on any atom is -0.495 e. The van der Waals surface area contributed by atoms with Gasteiger partial charge in [0.25, 0.3) is 0 Å². The molecule has 1 fully saturated rings. The Bertz CT molecular complexity index is 1030. The van der Waals surface area contributed by atoms with Crippen molar-refractivity contribution in [3.05, 3.63) is 66.0 Å². The number of anilines is 1. The lowest BCUT2D eigenvalue weighted by Gasteiger charge is -2.17. The molecular formula is C24H29N5O2S. The molecule has 32 heavy (non-hydrogen) atoms. The van der Waals surface area contributed by atoms with Crippen LogP contribution in [-0.2, 0) is 17.9 Å². The van der Waals surface area contributed by atoms with Crippen LogP contribution in [0.4, 0.5) is 5.69 Å². The van der Waals surface area contributed by atoms with Crippen LogP contribution in [-0.4, -0.2) is 51.0 Å². The maximum Gasteiger partial charge on any atom is 0.237 e. The van der Waals surface area contributed by atoms with Crippen molar-refractivity contribution in [1.82, 2.24) is 19.7 Å². The van der Waals surface area contributed by atoms with Gasteiger partial charge in [-0.3, -0.25) is 9.69 Å². The molecular weight excluding hydrogens is 422 g/mol. The molecule has 1 N–H and O–H groups in total. The molecule has 0 radical (unpaired) electrons. The third kappa shape index (κ3) is 5.49. The van der Waals surface area contributed by atoms with Gasteiger partial charge in [0.2, 0.25) is 5.91 Å². The maximum absolute atomic E-state index is 12.9. The number of hydrogen-bond donors (Lipinski definition) is 1. The second-order valence-corrected chi connectivity index (χ2v) is 9.21. The Kier molecular flexibility index (Phi) is 7.44. The van der Waals surface area contributed by atoms with Crippen molar-refractivity contribution in [3.63, 3.8) is 0 Å². The van der Waals surface area contributed by atoms with Gasteiger partial charge in [0.1, 0.15) is 11.6 Å². The number of nitrogens with one attached hydrogen (secondary N) is 1. The Labute approximate surface area is 193 Å². The molecule has 0 bridgehead atoms. The molecule has 1 atom stereocenters. The van der Waals surface area contributed by atoms with E-state index in [4.69, 9.17) is 4.74 Å². The lowest BCUT2D eigenvalue weighted by Crippen LogP contribution is -2.24. The first kappa shape index (κ1) is 22.4. The highest BCUT2D eigenvalue weighted by Gasteiger charge is 2.23. The number of ether oxygens (including phenoxy) is 1. The number of aromatic nitrogens is 3. The molecule has 1 aromatic heterocycles. The number of methoxy groups -OCH3 is 1. The van der Waals surface area contributed by atoms with Gasteiger partial charge in [-0.1, -0.05) is 54.2 Å². The molecule has 1 unspecified atom stereocenters. The van der Waals surface area contributed by atoms with Crippen molar-refractivity contribution in [2.45, 2.75) is 43.3 Å². The summed E-state index contributed by atoms with van der Waals surface area (Å²) in [5, 5.41) is 12.3. The van der Waals surface area contributed by atoms with Crippen LogP contribution in [0.3, 0.4) is 0 Å². The minimum atomic E-state index is -0.349. The van der Waals surface area contributed by atoms with E-state index in [1.165, 1.54) is 30.2 Å². The molecule has 1 aliphatic heterocycles. The normalized spacial score (nSPS) is 14.9. The van der Waals surface area contributed by atoms with E-state index < -0.39 is 0 Å². The van der Waals surface area contributed by atoms with Gasteiger partial charge in [-0.2, -0.15) is 0 Å². The zero-order valence-electron chi connectivity index (χ0n) is 18.5.